The Morgan fingerprint density at radius 1 is 1.14 bits per heavy atom. The Morgan fingerprint density at radius 2 is 1.89 bits per heavy atom. The van der Waals surface area contributed by atoms with E-state index in [9.17, 15) is 14.4 Å². The van der Waals surface area contributed by atoms with Gasteiger partial charge in [-0.3, -0.25) is 14.4 Å². The van der Waals surface area contributed by atoms with Crippen LogP contribution >= 0.6 is 34.5 Å². The summed E-state index contributed by atoms with van der Waals surface area (Å²) < 4.78 is 0. The molecular weight excluding hydrogens is 519 g/mol. The first kappa shape index (κ1) is 26.1. The highest BCUT2D eigenvalue weighted by molar-refractivity contribution is 7.13. The zero-order valence-corrected chi connectivity index (χ0v) is 22.3. The smallest absolute Gasteiger partial charge is 0.256 e. The summed E-state index contributed by atoms with van der Waals surface area (Å²) in [5.74, 6) is -0.749. The van der Waals surface area contributed by atoms with Gasteiger partial charge >= 0.3 is 0 Å². The van der Waals surface area contributed by atoms with Crippen LogP contribution in [0.1, 0.15) is 41.0 Å². The van der Waals surface area contributed by atoms with Crippen LogP contribution in [0, 0.1) is 0 Å². The number of fused-ring (bicyclic) bond motifs is 1. The van der Waals surface area contributed by atoms with E-state index in [-0.39, 0.29) is 47.3 Å². The number of anilines is 1. The van der Waals surface area contributed by atoms with Crippen LogP contribution in [-0.2, 0) is 29.0 Å². The van der Waals surface area contributed by atoms with Crippen molar-refractivity contribution in [1.82, 2.24) is 14.8 Å². The van der Waals surface area contributed by atoms with E-state index >= 15 is 0 Å². The summed E-state index contributed by atoms with van der Waals surface area (Å²) in [7, 11) is 0. The number of nitrogens with zero attached hydrogens (tertiary/aromatic N) is 3. The first-order valence-electron chi connectivity index (χ1n) is 11.6. The number of carbonyl (C=O) groups is 3. The number of aromatic nitrogens is 1. The predicted molar refractivity (Wildman–Crippen MR) is 143 cm³/mol. The largest absolute Gasteiger partial charge is 0.338 e. The van der Waals surface area contributed by atoms with Crippen LogP contribution in [0.4, 0.5) is 5.13 Å². The maximum Gasteiger partial charge on any atom is 0.256 e. The van der Waals surface area contributed by atoms with Gasteiger partial charge in [0.2, 0.25) is 11.8 Å². The number of thiazole rings is 1. The molecule has 36 heavy (non-hydrogen) atoms. The lowest BCUT2D eigenvalue weighted by Crippen LogP contribution is -2.42. The number of benzene rings is 2. The molecule has 0 unspecified atom stereocenters. The van der Waals surface area contributed by atoms with Gasteiger partial charge < -0.3 is 15.1 Å². The summed E-state index contributed by atoms with van der Waals surface area (Å²) in [6.07, 6.45) is 1.01. The van der Waals surface area contributed by atoms with E-state index in [0.717, 1.165) is 6.42 Å². The molecule has 188 valence electrons. The fourth-order valence-corrected chi connectivity index (χ4v) is 5.26. The lowest BCUT2D eigenvalue weighted by Gasteiger charge is -2.28. The fraction of sp³-hybridized carbons (Fsp3) is 0.308. The van der Waals surface area contributed by atoms with Gasteiger partial charge in [-0.2, -0.15) is 0 Å². The number of nitrogens with one attached hydrogen (secondary N) is 1. The minimum absolute atomic E-state index is 0.00380. The van der Waals surface area contributed by atoms with Gasteiger partial charge in [0.25, 0.3) is 5.91 Å². The van der Waals surface area contributed by atoms with Crippen LogP contribution in [0.25, 0.3) is 0 Å². The molecule has 0 atom stereocenters. The van der Waals surface area contributed by atoms with Crippen molar-refractivity contribution in [2.45, 2.75) is 39.3 Å². The van der Waals surface area contributed by atoms with E-state index in [2.05, 4.69) is 22.4 Å². The molecule has 0 saturated heterocycles. The molecule has 1 aliphatic rings. The second kappa shape index (κ2) is 11.4. The number of hydrogen-bond acceptors (Lipinski definition) is 5. The van der Waals surface area contributed by atoms with Crippen molar-refractivity contribution in [3.8, 4) is 0 Å². The number of hydrogen-bond donors (Lipinski definition) is 1. The minimum Gasteiger partial charge on any atom is -0.338 e. The third-order valence-corrected chi connectivity index (χ3v) is 7.33. The van der Waals surface area contributed by atoms with Crippen molar-refractivity contribution >= 4 is 57.4 Å². The van der Waals surface area contributed by atoms with Crippen LogP contribution in [0.5, 0.6) is 0 Å². The molecule has 0 radical (unpaired) electrons. The van der Waals surface area contributed by atoms with Crippen LogP contribution in [0.2, 0.25) is 10.0 Å². The topological polar surface area (TPSA) is 82.6 Å². The molecule has 3 aromatic rings. The Labute approximate surface area is 224 Å². The van der Waals surface area contributed by atoms with E-state index in [1.165, 1.54) is 33.4 Å². The fourth-order valence-electron chi connectivity index (χ4n) is 4.04. The van der Waals surface area contributed by atoms with Crippen LogP contribution in [-0.4, -0.2) is 51.6 Å². The molecule has 1 aliphatic heterocycles. The normalized spacial score (nSPS) is 12.9. The monoisotopic (exact) mass is 544 g/mol. The lowest BCUT2D eigenvalue weighted by molar-refractivity contribution is -0.131. The molecule has 4 rings (SSSR count). The van der Waals surface area contributed by atoms with Crippen molar-refractivity contribution in [3.63, 3.8) is 0 Å². The standard InChI is InChI=1S/C26H26Cl2N4O3S/c1-16(2)32(25(35)21-8-7-19(27)11-22(21)28)14-23(33)30-26-29-20(15-36-26)12-24(34)31-10-9-17-5-3-4-6-18(17)13-31/h3-8,11,15-16H,9-10,12-14H2,1-2H3,(H,29,30,33). The van der Waals surface area contributed by atoms with Gasteiger partial charge in [-0.25, -0.2) is 4.98 Å². The molecule has 0 fully saturated rings. The summed E-state index contributed by atoms with van der Waals surface area (Å²) in [5.41, 5.74) is 3.33. The van der Waals surface area contributed by atoms with Crippen LogP contribution < -0.4 is 5.32 Å². The quantitative estimate of drug-likeness (QED) is 0.450. The SMILES string of the molecule is CC(C)N(CC(=O)Nc1nc(CC(=O)N2CCc3ccccc3C2)cs1)C(=O)c1ccc(Cl)cc1Cl. The second-order valence-electron chi connectivity index (χ2n) is 8.85. The molecule has 2 heterocycles. The molecule has 7 nitrogen and oxygen atoms in total. The van der Waals surface area contributed by atoms with Crippen LogP contribution in [0.15, 0.2) is 47.8 Å². The molecule has 2 aromatic carbocycles. The molecule has 3 amide bonds. The first-order valence-corrected chi connectivity index (χ1v) is 13.2. The summed E-state index contributed by atoms with van der Waals surface area (Å²) in [5, 5.41) is 5.54. The summed E-state index contributed by atoms with van der Waals surface area (Å²) >= 11 is 13.4. The predicted octanol–water partition coefficient (Wildman–Crippen LogP) is 5.07. The maximum atomic E-state index is 13.0. The molecule has 0 spiro atoms. The number of amides is 3. The van der Waals surface area contributed by atoms with Gasteiger partial charge in [0.05, 0.1) is 22.7 Å². The molecule has 1 N–H and O–H groups in total. The third kappa shape index (κ3) is 6.24. The average Bonchev–Trinajstić information content (AvgIpc) is 3.28. The summed E-state index contributed by atoms with van der Waals surface area (Å²) in [6, 6.07) is 12.5. The highest BCUT2D eigenvalue weighted by atomic mass is 35.5. The number of halogens is 2. The van der Waals surface area contributed by atoms with E-state index in [0.29, 0.717) is 28.9 Å². The van der Waals surface area contributed by atoms with E-state index < -0.39 is 0 Å². The number of carbonyl (C=O) groups excluding carboxylic acids is 3. The van der Waals surface area contributed by atoms with Gasteiger partial charge in [0.1, 0.15) is 6.54 Å². The molecule has 1 aromatic heterocycles. The van der Waals surface area contributed by atoms with Crippen molar-refractivity contribution in [3.05, 3.63) is 80.3 Å². The van der Waals surface area contributed by atoms with E-state index in [4.69, 9.17) is 23.2 Å². The highest BCUT2D eigenvalue weighted by Crippen LogP contribution is 2.24. The van der Waals surface area contributed by atoms with Gasteiger partial charge in [-0.15, -0.1) is 11.3 Å². The lowest BCUT2D eigenvalue weighted by atomic mass is 10.00. The molecule has 0 aliphatic carbocycles. The highest BCUT2D eigenvalue weighted by Gasteiger charge is 2.25. The molecule has 0 saturated carbocycles. The second-order valence-corrected chi connectivity index (χ2v) is 10.6. The van der Waals surface area contributed by atoms with Gasteiger partial charge in [0, 0.05) is 29.5 Å². The van der Waals surface area contributed by atoms with Crippen molar-refractivity contribution in [1.29, 1.82) is 0 Å². The van der Waals surface area contributed by atoms with E-state index in [1.807, 2.05) is 30.9 Å². The Morgan fingerprint density at radius 3 is 2.61 bits per heavy atom. The van der Waals surface area contributed by atoms with Crippen LogP contribution in [0.3, 0.4) is 0 Å². The average molecular weight is 545 g/mol. The Bertz CT molecular complexity index is 1290. The van der Waals surface area contributed by atoms with Crippen molar-refractivity contribution in [2.24, 2.45) is 0 Å². The van der Waals surface area contributed by atoms with E-state index in [1.54, 1.807) is 17.5 Å². The molecular formula is C26H26Cl2N4O3S. The third-order valence-electron chi connectivity index (χ3n) is 5.97. The first-order chi connectivity index (χ1) is 17.2. The maximum absolute atomic E-state index is 13.0. The van der Waals surface area contributed by atoms with Gasteiger partial charge in [-0.1, -0.05) is 47.5 Å². The number of rotatable bonds is 7. The Balaban J connectivity index is 1.34. The molecule has 0 bridgehead atoms. The zero-order valence-electron chi connectivity index (χ0n) is 20.0. The molecule has 10 heteroatoms. The van der Waals surface area contributed by atoms with Crippen molar-refractivity contribution < 1.29 is 14.4 Å². The van der Waals surface area contributed by atoms with Gasteiger partial charge in [0.15, 0.2) is 5.13 Å². The summed E-state index contributed by atoms with van der Waals surface area (Å²) in [6.45, 7) is 4.75. The van der Waals surface area contributed by atoms with Gasteiger partial charge in [-0.05, 0) is 49.6 Å². The zero-order chi connectivity index (χ0) is 25.8. The summed E-state index contributed by atoms with van der Waals surface area (Å²) in [4.78, 5) is 46.3. The minimum atomic E-state index is -0.387. The Hall–Kier alpha value is -2.94. The van der Waals surface area contributed by atoms with Crippen molar-refractivity contribution in [2.75, 3.05) is 18.4 Å². The Kier molecular flexibility index (Phi) is 8.28.